The average Bonchev–Trinajstić information content (AvgIpc) is 2.51. The molecule has 0 spiro atoms. The van der Waals surface area contributed by atoms with Gasteiger partial charge in [-0.05, 0) is 38.1 Å². The molecule has 1 amide bonds. The van der Waals surface area contributed by atoms with E-state index in [0.29, 0.717) is 29.2 Å². The number of hydrogen-bond acceptors (Lipinski definition) is 4. The van der Waals surface area contributed by atoms with Crippen LogP contribution >= 0.6 is 15.9 Å². The summed E-state index contributed by atoms with van der Waals surface area (Å²) in [5, 5.41) is 13.7. The van der Waals surface area contributed by atoms with Crippen LogP contribution in [0.15, 0.2) is 40.9 Å². The van der Waals surface area contributed by atoms with Crippen molar-refractivity contribution in [1.29, 1.82) is 0 Å². The fourth-order valence-corrected chi connectivity index (χ4v) is 2.47. The van der Waals surface area contributed by atoms with Crippen molar-refractivity contribution in [1.82, 2.24) is 0 Å². The predicted octanol–water partition coefficient (Wildman–Crippen LogP) is 4.32. The molecule has 0 aliphatic heterocycles. The lowest BCUT2D eigenvalue weighted by Gasteiger charge is -2.12. The number of nitro groups is 1. The SMILES string of the molecule is CCOc1ccc(Br)cc1C(=O)Nc1cccc([N+](=O)[O-])c1C. The summed E-state index contributed by atoms with van der Waals surface area (Å²) in [6.45, 7) is 3.85. The fourth-order valence-electron chi connectivity index (χ4n) is 2.11. The number of nitro benzene ring substituents is 1. The first-order chi connectivity index (χ1) is 10.9. The molecule has 1 N–H and O–H groups in total. The molecule has 0 unspecified atom stereocenters. The Balaban J connectivity index is 2.35. The number of nitrogens with one attached hydrogen (secondary N) is 1. The largest absolute Gasteiger partial charge is 0.493 e. The van der Waals surface area contributed by atoms with Gasteiger partial charge in [-0.1, -0.05) is 22.0 Å². The predicted molar refractivity (Wildman–Crippen MR) is 91.1 cm³/mol. The summed E-state index contributed by atoms with van der Waals surface area (Å²) < 4.78 is 6.19. The molecule has 0 fully saturated rings. The van der Waals surface area contributed by atoms with E-state index in [2.05, 4.69) is 21.2 Å². The Bertz CT molecular complexity index is 762. The zero-order valence-corrected chi connectivity index (χ0v) is 14.2. The van der Waals surface area contributed by atoms with Gasteiger partial charge in [0.15, 0.2) is 0 Å². The van der Waals surface area contributed by atoms with Crippen LogP contribution in [-0.4, -0.2) is 17.4 Å². The van der Waals surface area contributed by atoms with Gasteiger partial charge in [-0.15, -0.1) is 0 Å². The summed E-state index contributed by atoms with van der Waals surface area (Å²) in [6, 6.07) is 9.68. The topological polar surface area (TPSA) is 81.5 Å². The van der Waals surface area contributed by atoms with Gasteiger partial charge < -0.3 is 10.1 Å². The van der Waals surface area contributed by atoms with Gasteiger partial charge in [-0.25, -0.2) is 0 Å². The summed E-state index contributed by atoms with van der Waals surface area (Å²) in [5.41, 5.74) is 1.11. The molecule has 0 heterocycles. The van der Waals surface area contributed by atoms with Gasteiger partial charge in [0, 0.05) is 10.5 Å². The van der Waals surface area contributed by atoms with E-state index in [4.69, 9.17) is 4.74 Å². The zero-order valence-electron chi connectivity index (χ0n) is 12.6. The first-order valence-electron chi connectivity index (χ1n) is 6.91. The van der Waals surface area contributed by atoms with Gasteiger partial charge in [0.1, 0.15) is 5.75 Å². The Morgan fingerprint density at radius 3 is 2.74 bits per heavy atom. The highest BCUT2D eigenvalue weighted by Gasteiger charge is 2.18. The van der Waals surface area contributed by atoms with Gasteiger partial charge in [0.05, 0.1) is 28.3 Å². The molecule has 0 aliphatic rings. The van der Waals surface area contributed by atoms with E-state index in [0.717, 1.165) is 4.47 Å². The van der Waals surface area contributed by atoms with Crippen LogP contribution in [0.4, 0.5) is 11.4 Å². The van der Waals surface area contributed by atoms with Crippen molar-refractivity contribution >= 4 is 33.2 Å². The fraction of sp³-hybridized carbons (Fsp3) is 0.188. The van der Waals surface area contributed by atoms with Gasteiger partial charge >= 0.3 is 0 Å². The van der Waals surface area contributed by atoms with Gasteiger partial charge in [-0.3, -0.25) is 14.9 Å². The molecule has 2 rings (SSSR count). The summed E-state index contributed by atoms with van der Waals surface area (Å²) in [6.07, 6.45) is 0. The van der Waals surface area contributed by atoms with Gasteiger partial charge in [0.25, 0.3) is 11.6 Å². The molecule has 2 aromatic rings. The summed E-state index contributed by atoms with van der Waals surface area (Å²) in [7, 11) is 0. The molecular weight excluding hydrogens is 364 g/mol. The number of halogens is 1. The Labute approximate surface area is 141 Å². The summed E-state index contributed by atoms with van der Waals surface area (Å²) in [4.78, 5) is 23.0. The van der Waals surface area contributed by atoms with Crippen LogP contribution in [-0.2, 0) is 0 Å². The lowest BCUT2D eigenvalue weighted by molar-refractivity contribution is -0.385. The number of benzene rings is 2. The van der Waals surface area contributed by atoms with Gasteiger partial charge in [0.2, 0.25) is 0 Å². The molecular formula is C16H15BrN2O4. The highest BCUT2D eigenvalue weighted by atomic mass is 79.9. The van der Waals surface area contributed by atoms with Crippen molar-refractivity contribution in [3.05, 3.63) is 62.1 Å². The van der Waals surface area contributed by atoms with Crippen LogP contribution in [0, 0.1) is 17.0 Å². The minimum atomic E-state index is -0.476. The molecule has 7 heteroatoms. The van der Waals surface area contributed by atoms with Crippen molar-refractivity contribution in [3.8, 4) is 5.75 Å². The van der Waals surface area contributed by atoms with Crippen molar-refractivity contribution in [2.75, 3.05) is 11.9 Å². The van der Waals surface area contributed by atoms with Crippen molar-refractivity contribution in [3.63, 3.8) is 0 Å². The number of carbonyl (C=O) groups excluding carboxylic acids is 1. The number of nitrogens with zero attached hydrogens (tertiary/aromatic N) is 1. The third-order valence-corrected chi connectivity index (χ3v) is 3.73. The minimum Gasteiger partial charge on any atom is -0.493 e. The molecule has 0 saturated carbocycles. The maximum atomic E-state index is 12.5. The molecule has 0 atom stereocenters. The van der Waals surface area contributed by atoms with Crippen molar-refractivity contribution in [2.24, 2.45) is 0 Å². The monoisotopic (exact) mass is 378 g/mol. The first kappa shape index (κ1) is 17.0. The van der Waals surface area contributed by atoms with E-state index in [9.17, 15) is 14.9 Å². The number of carbonyl (C=O) groups is 1. The second-order valence-electron chi connectivity index (χ2n) is 4.73. The number of amides is 1. The van der Waals surface area contributed by atoms with E-state index in [-0.39, 0.29) is 5.69 Å². The van der Waals surface area contributed by atoms with Crippen LogP contribution in [0.1, 0.15) is 22.8 Å². The quantitative estimate of drug-likeness (QED) is 0.620. The van der Waals surface area contributed by atoms with Gasteiger partial charge in [-0.2, -0.15) is 0 Å². The Morgan fingerprint density at radius 2 is 2.09 bits per heavy atom. The van der Waals surface area contributed by atoms with Crippen LogP contribution in [0.2, 0.25) is 0 Å². The highest BCUT2D eigenvalue weighted by molar-refractivity contribution is 9.10. The normalized spacial score (nSPS) is 10.2. The Morgan fingerprint density at radius 1 is 1.35 bits per heavy atom. The average molecular weight is 379 g/mol. The smallest absolute Gasteiger partial charge is 0.274 e. The minimum absolute atomic E-state index is 0.0397. The third kappa shape index (κ3) is 3.87. The molecule has 6 nitrogen and oxygen atoms in total. The van der Waals surface area contributed by atoms with E-state index in [1.54, 1.807) is 31.2 Å². The van der Waals surface area contributed by atoms with E-state index < -0.39 is 10.8 Å². The number of anilines is 1. The lowest BCUT2D eigenvalue weighted by Crippen LogP contribution is -2.15. The standard InChI is InChI=1S/C16H15BrN2O4/c1-3-23-15-8-7-11(17)9-12(15)16(20)18-13-5-4-6-14(10(13)2)19(21)22/h4-9H,3H2,1-2H3,(H,18,20). The first-order valence-corrected chi connectivity index (χ1v) is 7.71. The highest BCUT2D eigenvalue weighted by Crippen LogP contribution is 2.28. The van der Waals surface area contributed by atoms with Crippen LogP contribution in [0.5, 0.6) is 5.75 Å². The summed E-state index contributed by atoms with van der Waals surface area (Å²) in [5.74, 6) is 0.0645. The molecule has 23 heavy (non-hydrogen) atoms. The Kier molecular flexibility index (Phi) is 5.33. The van der Waals surface area contributed by atoms with Crippen LogP contribution < -0.4 is 10.1 Å². The summed E-state index contributed by atoms with van der Waals surface area (Å²) >= 11 is 3.32. The number of hydrogen-bond donors (Lipinski definition) is 1. The molecule has 0 radical (unpaired) electrons. The molecule has 0 saturated heterocycles. The molecule has 0 bridgehead atoms. The second-order valence-corrected chi connectivity index (χ2v) is 5.65. The Hall–Kier alpha value is -2.41. The van der Waals surface area contributed by atoms with E-state index in [1.165, 1.54) is 12.1 Å². The lowest BCUT2D eigenvalue weighted by atomic mass is 10.1. The van der Waals surface area contributed by atoms with Crippen molar-refractivity contribution < 1.29 is 14.5 Å². The molecule has 120 valence electrons. The second kappa shape index (κ2) is 7.23. The van der Waals surface area contributed by atoms with E-state index in [1.807, 2.05) is 6.92 Å². The van der Waals surface area contributed by atoms with Crippen LogP contribution in [0.25, 0.3) is 0 Å². The number of rotatable bonds is 5. The maximum Gasteiger partial charge on any atom is 0.274 e. The molecule has 0 aliphatic carbocycles. The van der Waals surface area contributed by atoms with E-state index >= 15 is 0 Å². The maximum absolute atomic E-state index is 12.5. The van der Waals surface area contributed by atoms with Crippen molar-refractivity contribution in [2.45, 2.75) is 13.8 Å². The zero-order chi connectivity index (χ0) is 17.0. The number of ether oxygens (including phenoxy) is 1. The molecule has 2 aromatic carbocycles. The third-order valence-electron chi connectivity index (χ3n) is 3.24. The van der Waals surface area contributed by atoms with Crippen LogP contribution in [0.3, 0.4) is 0 Å². The molecule has 0 aromatic heterocycles.